The van der Waals surface area contributed by atoms with Crippen LogP contribution in [0.5, 0.6) is 5.75 Å². The predicted octanol–water partition coefficient (Wildman–Crippen LogP) is 3.72. The van der Waals surface area contributed by atoms with Crippen molar-refractivity contribution >= 4 is 40.4 Å². The van der Waals surface area contributed by atoms with Gasteiger partial charge in [-0.05, 0) is 48.5 Å². The van der Waals surface area contributed by atoms with Crippen LogP contribution in [0.3, 0.4) is 0 Å². The molecule has 2 aromatic carbocycles. The maximum atomic E-state index is 13.4. The van der Waals surface area contributed by atoms with Gasteiger partial charge in [0.2, 0.25) is 0 Å². The summed E-state index contributed by atoms with van der Waals surface area (Å²) < 4.78 is 25.2. The molecule has 0 aliphatic heterocycles. The average molecular weight is 459 g/mol. The van der Waals surface area contributed by atoms with Crippen molar-refractivity contribution in [2.24, 2.45) is 0 Å². The van der Waals surface area contributed by atoms with E-state index >= 15 is 0 Å². The second-order valence-corrected chi connectivity index (χ2v) is 9.04. The van der Waals surface area contributed by atoms with E-state index in [9.17, 15) is 4.55 Å². The Hall–Kier alpha value is -1.47. The van der Waals surface area contributed by atoms with Crippen molar-refractivity contribution in [1.29, 1.82) is 0 Å². The molecule has 0 N–H and O–H groups in total. The van der Waals surface area contributed by atoms with Gasteiger partial charge in [-0.3, -0.25) is 0 Å². The first-order chi connectivity index (χ1) is 13.5. The molecule has 0 aromatic heterocycles. The van der Waals surface area contributed by atoms with E-state index in [-0.39, 0.29) is 6.10 Å². The highest BCUT2D eigenvalue weighted by Crippen LogP contribution is 2.31. The maximum absolute atomic E-state index is 13.4. The van der Waals surface area contributed by atoms with Crippen molar-refractivity contribution < 1.29 is 14.0 Å². The van der Waals surface area contributed by atoms with Gasteiger partial charge in [-0.15, -0.1) is 0 Å². The van der Waals surface area contributed by atoms with Crippen molar-refractivity contribution in [3.05, 3.63) is 70.2 Å². The zero-order valence-corrected chi connectivity index (χ0v) is 18.8. The molecule has 0 radical (unpaired) electrons. The number of hydrogen-bond acceptors (Lipinski definition) is 3. The highest BCUT2D eigenvalue weighted by Gasteiger charge is 2.24. The van der Waals surface area contributed by atoms with Crippen LogP contribution in [0.15, 0.2) is 74.5 Å². The molecule has 0 saturated heterocycles. The molecule has 0 bridgehead atoms. The third-order valence-electron chi connectivity index (χ3n) is 4.91. The van der Waals surface area contributed by atoms with Crippen LogP contribution in [0, 0.1) is 0 Å². The summed E-state index contributed by atoms with van der Waals surface area (Å²) in [6.07, 6.45) is 9.25. The molecule has 0 amide bonds. The van der Waals surface area contributed by atoms with Crippen molar-refractivity contribution in [3.63, 3.8) is 0 Å². The van der Waals surface area contributed by atoms with Gasteiger partial charge in [-0.2, -0.15) is 0 Å². The van der Waals surface area contributed by atoms with E-state index in [1.165, 1.54) is 5.57 Å². The van der Waals surface area contributed by atoms with Crippen molar-refractivity contribution in [3.8, 4) is 5.75 Å². The van der Waals surface area contributed by atoms with E-state index in [0.29, 0.717) is 5.75 Å². The zero-order chi connectivity index (χ0) is 20.1. The standard InChI is InChI=1S/C22H24BBrO3S/c1-26-16-6-3-5-15(13-16)9-10-19-21(24)12-11-20(23)22(19)28(25)18-8-4-7-17(14-18)27-2/h3-5,7-8,11-14,16H,6,9-10,23H2,1-2H3. The molecule has 3 nitrogen and oxygen atoms in total. The van der Waals surface area contributed by atoms with E-state index in [0.717, 1.165) is 44.6 Å². The third kappa shape index (κ3) is 4.92. The number of ether oxygens (including phenoxy) is 2. The summed E-state index contributed by atoms with van der Waals surface area (Å²) >= 11 is 2.40. The molecule has 146 valence electrons. The van der Waals surface area contributed by atoms with E-state index in [1.54, 1.807) is 14.2 Å². The molecular formula is C22H24BBrO3S. The van der Waals surface area contributed by atoms with E-state index in [4.69, 9.17) is 9.47 Å². The van der Waals surface area contributed by atoms with Gasteiger partial charge in [0.1, 0.15) is 13.6 Å². The fourth-order valence-corrected chi connectivity index (χ4v) is 5.48. The molecule has 0 heterocycles. The number of halogens is 1. The van der Waals surface area contributed by atoms with E-state index < -0.39 is 11.2 Å². The monoisotopic (exact) mass is 458 g/mol. The lowest BCUT2D eigenvalue weighted by Gasteiger charge is -2.19. The van der Waals surface area contributed by atoms with Crippen LogP contribution in [0.1, 0.15) is 18.4 Å². The summed E-state index contributed by atoms with van der Waals surface area (Å²) in [5.74, 6) is 0.711. The molecule has 2 atom stereocenters. The predicted molar refractivity (Wildman–Crippen MR) is 121 cm³/mol. The molecule has 6 heteroatoms. The minimum atomic E-state index is -1.28. The fourth-order valence-electron chi connectivity index (χ4n) is 3.36. The van der Waals surface area contributed by atoms with Gasteiger partial charge in [-0.25, -0.2) is 0 Å². The molecular weight excluding hydrogens is 435 g/mol. The average Bonchev–Trinajstić information content (AvgIpc) is 2.74. The summed E-state index contributed by atoms with van der Waals surface area (Å²) in [5, 5.41) is 0. The van der Waals surface area contributed by atoms with Gasteiger partial charge in [0.15, 0.2) is 9.79 Å². The Balaban J connectivity index is 1.90. The Morgan fingerprint density at radius 1 is 1.21 bits per heavy atom. The lowest BCUT2D eigenvalue weighted by Crippen LogP contribution is -2.20. The molecule has 1 aliphatic carbocycles. The zero-order valence-electron chi connectivity index (χ0n) is 16.4. The van der Waals surface area contributed by atoms with Crippen LogP contribution >= 0.6 is 15.9 Å². The summed E-state index contributed by atoms with van der Waals surface area (Å²) in [5.41, 5.74) is 3.38. The SMILES string of the molecule is Bc1ccc(Br)c(CCC2=CC(OC)CC=C2)c1[S+]([O-])c1cccc(OC)c1. The smallest absolute Gasteiger partial charge is 0.162 e. The Labute approximate surface area is 179 Å². The number of allylic oxidation sites excluding steroid dienone is 2. The maximum Gasteiger partial charge on any atom is 0.162 e. The van der Waals surface area contributed by atoms with Gasteiger partial charge in [-0.1, -0.05) is 46.3 Å². The Morgan fingerprint density at radius 3 is 2.79 bits per heavy atom. The van der Waals surface area contributed by atoms with Crippen LogP contribution in [0.25, 0.3) is 0 Å². The van der Waals surface area contributed by atoms with Crippen LogP contribution < -0.4 is 10.2 Å². The summed E-state index contributed by atoms with van der Waals surface area (Å²) in [4.78, 5) is 1.63. The summed E-state index contributed by atoms with van der Waals surface area (Å²) in [7, 11) is 5.38. The first-order valence-electron chi connectivity index (χ1n) is 9.27. The Kier molecular flexibility index (Phi) is 7.46. The quantitative estimate of drug-likeness (QED) is 0.469. The highest BCUT2D eigenvalue weighted by molar-refractivity contribution is 9.10. The molecule has 0 saturated carbocycles. The number of methoxy groups -OCH3 is 2. The number of benzene rings is 2. The van der Waals surface area contributed by atoms with Crippen molar-refractivity contribution in [2.75, 3.05) is 14.2 Å². The lowest BCUT2D eigenvalue weighted by molar-refractivity contribution is 0.142. The van der Waals surface area contributed by atoms with Crippen LogP contribution in [-0.4, -0.2) is 32.7 Å². The van der Waals surface area contributed by atoms with Gasteiger partial charge in [0.05, 0.1) is 13.2 Å². The Morgan fingerprint density at radius 2 is 2.04 bits per heavy atom. The third-order valence-corrected chi connectivity index (χ3v) is 7.27. The summed E-state index contributed by atoms with van der Waals surface area (Å²) in [6.45, 7) is 0. The molecule has 0 spiro atoms. The minimum Gasteiger partial charge on any atom is -0.606 e. The molecule has 0 fully saturated rings. The number of rotatable bonds is 7. The molecule has 3 rings (SSSR count). The van der Waals surface area contributed by atoms with Gasteiger partial charge in [0, 0.05) is 34.4 Å². The summed E-state index contributed by atoms with van der Waals surface area (Å²) in [6, 6.07) is 11.5. The number of hydrogen-bond donors (Lipinski definition) is 0. The Bertz CT molecular complexity index is 897. The lowest BCUT2D eigenvalue weighted by atomic mass is 9.91. The largest absolute Gasteiger partial charge is 0.606 e. The first kappa shape index (κ1) is 21.2. The first-order valence-corrected chi connectivity index (χ1v) is 11.2. The molecule has 2 aromatic rings. The van der Waals surface area contributed by atoms with Crippen LogP contribution in [-0.2, 0) is 22.3 Å². The van der Waals surface area contributed by atoms with E-state index in [1.807, 2.05) is 44.2 Å². The van der Waals surface area contributed by atoms with Crippen LogP contribution in [0.2, 0.25) is 0 Å². The van der Waals surface area contributed by atoms with E-state index in [2.05, 4.69) is 34.2 Å². The van der Waals surface area contributed by atoms with Gasteiger partial charge < -0.3 is 14.0 Å². The molecule has 1 aliphatic rings. The fraction of sp³-hybridized carbons (Fsp3) is 0.273. The van der Waals surface area contributed by atoms with Crippen LogP contribution in [0.4, 0.5) is 0 Å². The van der Waals surface area contributed by atoms with Gasteiger partial charge in [0.25, 0.3) is 0 Å². The molecule has 28 heavy (non-hydrogen) atoms. The van der Waals surface area contributed by atoms with Gasteiger partial charge >= 0.3 is 0 Å². The second-order valence-electron chi connectivity index (χ2n) is 6.77. The highest BCUT2D eigenvalue weighted by atomic mass is 79.9. The normalized spacial score (nSPS) is 17.3. The van der Waals surface area contributed by atoms with Crippen molar-refractivity contribution in [2.45, 2.75) is 35.2 Å². The second kappa shape index (κ2) is 9.83. The minimum absolute atomic E-state index is 0.145. The van der Waals surface area contributed by atoms with Crippen molar-refractivity contribution in [1.82, 2.24) is 0 Å². The molecule has 2 unspecified atom stereocenters. The topological polar surface area (TPSA) is 41.5 Å².